The molecule has 2 unspecified atom stereocenters. The number of nitrogens with one attached hydrogen (secondary N) is 1. The largest absolute Gasteiger partial charge is 0.311 e. The highest BCUT2D eigenvalue weighted by atomic mass is 15.2. The van der Waals surface area contributed by atoms with E-state index < -0.39 is 0 Å². The van der Waals surface area contributed by atoms with E-state index >= 15 is 0 Å². The van der Waals surface area contributed by atoms with Crippen molar-refractivity contribution in [3.63, 3.8) is 0 Å². The predicted molar refractivity (Wildman–Crippen MR) is 76.7 cm³/mol. The highest BCUT2D eigenvalue weighted by molar-refractivity contribution is 4.99. The Morgan fingerprint density at radius 2 is 1.72 bits per heavy atom. The number of nitrogens with zero attached hydrogens (tertiary/aromatic N) is 1. The van der Waals surface area contributed by atoms with Crippen LogP contribution in [-0.2, 0) is 0 Å². The molecule has 0 aromatic carbocycles. The number of rotatable bonds is 4. The first kappa shape index (κ1) is 12.9. The van der Waals surface area contributed by atoms with Gasteiger partial charge in [0.05, 0.1) is 0 Å². The molecule has 3 fully saturated rings. The molecule has 1 N–H and O–H groups in total. The van der Waals surface area contributed by atoms with Crippen molar-refractivity contribution in [3.05, 3.63) is 0 Å². The summed E-state index contributed by atoms with van der Waals surface area (Å²) in [7, 11) is 0. The van der Waals surface area contributed by atoms with Crippen LogP contribution in [0.25, 0.3) is 0 Å². The molecule has 2 aliphatic carbocycles. The molecule has 18 heavy (non-hydrogen) atoms. The van der Waals surface area contributed by atoms with Gasteiger partial charge in [0.1, 0.15) is 0 Å². The molecule has 1 saturated heterocycles. The molecule has 1 heterocycles. The van der Waals surface area contributed by atoms with Gasteiger partial charge < -0.3 is 5.32 Å². The first-order chi connectivity index (χ1) is 8.53. The lowest BCUT2D eigenvalue weighted by atomic mass is 9.91. The summed E-state index contributed by atoms with van der Waals surface area (Å²) in [5, 5.41) is 3.84. The van der Waals surface area contributed by atoms with E-state index in [1.165, 1.54) is 51.7 Å². The Bertz CT molecular complexity index is 286. The van der Waals surface area contributed by atoms with Crippen molar-refractivity contribution >= 4 is 0 Å². The Labute approximate surface area is 113 Å². The molecule has 3 aliphatic rings. The lowest BCUT2D eigenvalue weighted by molar-refractivity contribution is 0.0948. The van der Waals surface area contributed by atoms with Gasteiger partial charge in [-0.3, -0.25) is 4.90 Å². The van der Waals surface area contributed by atoms with Crippen LogP contribution in [0, 0.1) is 17.3 Å². The topological polar surface area (TPSA) is 15.3 Å². The first-order valence-corrected chi connectivity index (χ1v) is 8.00. The molecule has 3 rings (SSSR count). The molecule has 0 spiro atoms. The van der Waals surface area contributed by atoms with E-state index in [1.807, 2.05) is 0 Å². The molecule has 2 saturated carbocycles. The SMILES string of the molecule is CC(C)(C)CCN1CC(C2CC2)NCC1C1CC1. The lowest BCUT2D eigenvalue weighted by Crippen LogP contribution is -2.58. The van der Waals surface area contributed by atoms with Crippen molar-refractivity contribution in [2.75, 3.05) is 19.6 Å². The molecule has 0 bridgehead atoms. The van der Waals surface area contributed by atoms with Crippen LogP contribution in [-0.4, -0.2) is 36.6 Å². The van der Waals surface area contributed by atoms with Crippen LogP contribution in [0.15, 0.2) is 0 Å². The molecule has 2 atom stereocenters. The molecular weight excluding hydrogens is 220 g/mol. The van der Waals surface area contributed by atoms with Gasteiger partial charge in [-0.15, -0.1) is 0 Å². The van der Waals surface area contributed by atoms with Gasteiger partial charge in [-0.1, -0.05) is 20.8 Å². The maximum absolute atomic E-state index is 3.84. The number of piperazine rings is 1. The van der Waals surface area contributed by atoms with Crippen LogP contribution in [0.2, 0.25) is 0 Å². The average molecular weight is 250 g/mol. The molecule has 0 amide bonds. The van der Waals surface area contributed by atoms with Crippen molar-refractivity contribution in [1.29, 1.82) is 0 Å². The Kier molecular flexibility index (Phi) is 3.44. The van der Waals surface area contributed by atoms with Crippen molar-refractivity contribution < 1.29 is 0 Å². The van der Waals surface area contributed by atoms with Gasteiger partial charge in [0, 0.05) is 25.2 Å². The van der Waals surface area contributed by atoms with Crippen molar-refractivity contribution in [1.82, 2.24) is 10.2 Å². The van der Waals surface area contributed by atoms with Gasteiger partial charge in [0.25, 0.3) is 0 Å². The Morgan fingerprint density at radius 1 is 1.06 bits per heavy atom. The fourth-order valence-electron chi connectivity index (χ4n) is 3.35. The predicted octanol–water partition coefficient (Wildman–Crippen LogP) is 2.89. The van der Waals surface area contributed by atoms with Crippen LogP contribution in [0.5, 0.6) is 0 Å². The Balaban J connectivity index is 1.57. The van der Waals surface area contributed by atoms with Crippen LogP contribution in [0.3, 0.4) is 0 Å². The number of hydrogen-bond acceptors (Lipinski definition) is 2. The van der Waals surface area contributed by atoms with Crippen molar-refractivity contribution in [3.8, 4) is 0 Å². The molecule has 0 aromatic heterocycles. The van der Waals surface area contributed by atoms with Crippen LogP contribution < -0.4 is 5.32 Å². The molecular formula is C16H30N2. The smallest absolute Gasteiger partial charge is 0.0249 e. The summed E-state index contributed by atoms with van der Waals surface area (Å²) in [5.74, 6) is 2.01. The monoisotopic (exact) mass is 250 g/mol. The minimum absolute atomic E-state index is 0.480. The third-order valence-electron chi connectivity index (χ3n) is 5.00. The van der Waals surface area contributed by atoms with Gasteiger partial charge >= 0.3 is 0 Å². The van der Waals surface area contributed by atoms with Crippen LogP contribution in [0.4, 0.5) is 0 Å². The second kappa shape index (κ2) is 4.79. The Hall–Kier alpha value is -0.0800. The summed E-state index contributed by atoms with van der Waals surface area (Å²) in [6.45, 7) is 11.0. The zero-order valence-electron chi connectivity index (χ0n) is 12.4. The zero-order chi connectivity index (χ0) is 12.8. The fourth-order valence-corrected chi connectivity index (χ4v) is 3.35. The van der Waals surface area contributed by atoms with E-state index in [-0.39, 0.29) is 0 Å². The molecule has 0 radical (unpaired) electrons. The minimum Gasteiger partial charge on any atom is -0.311 e. The van der Waals surface area contributed by atoms with E-state index in [9.17, 15) is 0 Å². The Morgan fingerprint density at radius 3 is 2.28 bits per heavy atom. The molecule has 0 aromatic rings. The van der Waals surface area contributed by atoms with Crippen molar-refractivity contribution in [2.24, 2.45) is 17.3 Å². The summed E-state index contributed by atoms with van der Waals surface area (Å²) >= 11 is 0. The number of hydrogen-bond donors (Lipinski definition) is 1. The first-order valence-electron chi connectivity index (χ1n) is 8.00. The van der Waals surface area contributed by atoms with Gasteiger partial charge in [-0.05, 0) is 55.9 Å². The second-order valence-corrected chi connectivity index (χ2v) is 8.06. The molecule has 2 heteroatoms. The fraction of sp³-hybridized carbons (Fsp3) is 1.00. The van der Waals surface area contributed by atoms with E-state index in [0.29, 0.717) is 5.41 Å². The summed E-state index contributed by atoms with van der Waals surface area (Å²) in [6, 6.07) is 1.65. The summed E-state index contributed by atoms with van der Waals surface area (Å²) in [5.41, 5.74) is 0.480. The normalized spacial score (nSPS) is 34.8. The van der Waals surface area contributed by atoms with Gasteiger partial charge in [0.15, 0.2) is 0 Å². The third-order valence-corrected chi connectivity index (χ3v) is 5.00. The third kappa shape index (κ3) is 3.27. The van der Waals surface area contributed by atoms with E-state index in [4.69, 9.17) is 0 Å². The average Bonchev–Trinajstić information content (AvgIpc) is 3.16. The van der Waals surface area contributed by atoms with E-state index in [1.54, 1.807) is 0 Å². The van der Waals surface area contributed by atoms with Crippen LogP contribution >= 0.6 is 0 Å². The van der Waals surface area contributed by atoms with Crippen molar-refractivity contribution in [2.45, 2.75) is 65.0 Å². The molecule has 1 aliphatic heterocycles. The lowest BCUT2D eigenvalue weighted by Gasteiger charge is -2.42. The highest BCUT2D eigenvalue weighted by Crippen LogP contribution is 2.40. The quantitative estimate of drug-likeness (QED) is 0.825. The van der Waals surface area contributed by atoms with E-state index in [0.717, 1.165) is 23.9 Å². The second-order valence-electron chi connectivity index (χ2n) is 8.06. The standard InChI is InChI=1S/C16H30N2/c1-16(2,3)8-9-18-11-14(12-4-5-12)17-10-15(18)13-6-7-13/h12-15,17H,4-11H2,1-3H3. The maximum Gasteiger partial charge on any atom is 0.0249 e. The van der Waals surface area contributed by atoms with Crippen LogP contribution in [0.1, 0.15) is 52.9 Å². The van der Waals surface area contributed by atoms with Gasteiger partial charge in [0.2, 0.25) is 0 Å². The summed E-state index contributed by atoms with van der Waals surface area (Å²) in [6.07, 6.45) is 7.24. The maximum atomic E-state index is 3.84. The minimum atomic E-state index is 0.480. The zero-order valence-corrected chi connectivity index (χ0v) is 12.4. The summed E-state index contributed by atoms with van der Waals surface area (Å²) in [4.78, 5) is 2.84. The van der Waals surface area contributed by atoms with Gasteiger partial charge in [-0.25, -0.2) is 0 Å². The van der Waals surface area contributed by atoms with Gasteiger partial charge in [-0.2, -0.15) is 0 Å². The molecule has 2 nitrogen and oxygen atoms in total. The highest BCUT2D eigenvalue weighted by Gasteiger charge is 2.42. The van der Waals surface area contributed by atoms with E-state index in [2.05, 4.69) is 31.0 Å². The summed E-state index contributed by atoms with van der Waals surface area (Å²) < 4.78 is 0. The molecule has 104 valence electrons.